The predicted octanol–water partition coefficient (Wildman–Crippen LogP) is 0.591. The molecule has 1 atom stereocenters. The van der Waals surface area contributed by atoms with Crippen LogP contribution >= 0.6 is 0 Å². The summed E-state index contributed by atoms with van der Waals surface area (Å²) >= 11 is 0. The van der Waals surface area contributed by atoms with E-state index < -0.39 is 10.0 Å². The van der Waals surface area contributed by atoms with Crippen LogP contribution in [0.4, 0.5) is 5.69 Å². The summed E-state index contributed by atoms with van der Waals surface area (Å²) in [6.45, 7) is 6.01. The number of carbonyl (C=O) groups excluding carboxylic acids is 1. The molecule has 2 aliphatic rings. The van der Waals surface area contributed by atoms with Crippen molar-refractivity contribution in [1.29, 1.82) is 0 Å². The zero-order valence-corrected chi connectivity index (χ0v) is 17.9. The Morgan fingerprint density at radius 2 is 1.97 bits per heavy atom. The molecule has 1 unspecified atom stereocenters. The predicted molar refractivity (Wildman–Crippen MR) is 110 cm³/mol. The monoisotopic (exact) mass is 433 g/mol. The summed E-state index contributed by atoms with van der Waals surface area (Å²) in [5.74, 6) is 0.497. The summed E-state index contributed by atoms with van der Waals surface area (Å²) in [6.07, 6.45) is 1.94. The van der Waals surface area contributed by atoms with Crippen LogP contribution in [-0.2, 0) is 27.8 Å². The van der Waals surface area contributed by atoms with Gasteiger partial charge in [-0.15, -0.1) is 5.10 Å². The number of amides is 1. The Hall–Kier alpha value is -2.37. The lowest BCUT2D eigenvalue weighted by Gasteiger charge is -2.33. The van der Waals surface area contributed by atoms with Crippen LogP contribution in [0, 0.1) is 5.92 Å². The highest BCUT2D eigenvalue weighted by Crippen LogP contribution is 2.23. The lowest BCUT2D eigenvalue weighted by molar-refractivity contribution is -0.120. The fourth-order valence-electron chi connectivity index (χ4n) is 3.98. The molecule has 2 aromatic rings. The van der Waals surface area contributed by atoms with E-state index in [1.807, 2.05) is 0 Å². The largest absolute Gasteiger partial charge is 0.326 e. The number of aromatic nitrogens is 4. The van der Waals surface area contributed by atoms with Crippen LogP contribution in [-0.4, -0.2) is 76.5 Å². The maximum Gasteiger partial charge on any atom is 0.243 e. The number of fused-ring (bicyclic) bond motifs is 1. The Kier molecular flexibility index (Phi) is 6.11. The zero-order valence-electron chi connectivity index (χ0n) is 17.1. The molecule has 1 aromatic carbocycles. The Morgan fingerprint density at radius 1 is 1.17 bits per heavy atom. The molecule has 1 saturated heterocycles. The van der Waals surface area contributed by atoms with Crippen molar-refractivity contribution < 1.29 is 13.2 Å². The minimum Gasteiger partial charge on any atom is -0.326 e. The molecule has 162 valence electrons. The molecule has 3 heterocycles. The van der Waals surface area contributed by atoms with Crippen LogP contribution in [0.3, 0.4) is 0 Å². The van der Waals surface area contributed by atoms with Gasteiger partial charge < -0.3 is 10.2 Å². The number of rotatable bonds is 5. The van der Waals surface area contributed by atoms with Gasteiger partial charge in [-0.3, -0.25) is 4.79 Å². The summed E-state index contributed by atoms with van der Waals surface area (Å²) in [6, 6.07) is 6.52. The topological polar surface area (TPSA) is 113 Å². The van der Waals surface area contributed by atoms with E-state index >= 15 is 0 Å². The number of piperazine rings is 1. The molecule has 0 bridgehead atoms. The SMILES string of the molecule is CCN1CCN(S(=O)(=O)c2cccc(NC(=O)C3CCc4nnnn4CC3)c2)CC1. The Balaban J connectivity index is 1.42. The van der Waals surface area contributed by atoms with Crippen molar-refractivity contribution in [2.24, 2.45) is 5.92 Å². The number of benzene rings is 1. The molecule has 2 aliphatic heterocycles. The summed E-state index contributed by atoms with van der Waals surface area (Å²) in [5, 5.41) is 14.5. The molecule has 1 amide bonds. The molecule has 1 aromatic heterocycles. The fourth-order valence-corrected chi connectivity index (χ4v) is 5.45. The molecular formula is C19H27N7O3S. The van der Waals surface area contributed by atoms with Gasteiger partial charge in [0.05, 0.1) is 4.90 Å². The molecule has 0 saturated carbocycles. The van der Waals surface area contributed by atoms with E-state index in [2.05, 4.69) is 32.7 Å². The number of hydrogen-bond acceptors (Lipinski definition) is 7. The van der Waals surface area contributed by atoms with Gasteiger partial charge in [-0.25, -0.2) is 13.1 Å². The number of nitrogens with zero attached hydrogens (tertiary/aromatic N) is 6. The third-order valence-corrected chi connectivity index (χ3v) is 7.80. The van der Waals surface area contributed by atoms with Crippen molar-refractivity contribution in [3.8, 4) is 0 Å². The quantitative estimate of drug-likeness (QED) is 0.734. The van der Waals surface area contributed by atoms with Gasteiger partial charge in [0.25, 0.3) is 0 Å². The van der Waals surface area contributed by atoms with Gasteiger partial charge in [0, 0.05) is 50.7 Å². The number of anilines is 1. The standard InChI is InChI=1S/C19H27N7O3S/c1-2-24-10-12-25(13-11-24)30(28,29)17-5-3-4-16(14-17)20-19(27)15-6-7-18-21-22-23-26(18)9-8-15/h3-5,14-15H,2,6-13H2,1H3,(H,20,27). The number of likely N-dealkylation sites (N-methyl/N-ethyl adjacent to an activating group) is 1. The normalized spacial score (nSPS) is 21.0. The first-order valence-electron chi connectivity index (χ1n) is 10.4. The Morgan fingerprint density at radius 3 is 2.73 bits per heavy atom. The number of carbonyl (C=O) groups is 1. The number of tetrazole rings is 1. The molecule has 4 rings (SSSR count). The van der Waals surface area contributed by atoms with Gasteiger partial charge in [-0.2, -0.15) is 4.31 Å². The molecule has 1 fully saturated rings. The van der Waals surface area contributed by atoms with Crippen molar-refractivity contribution in [3.63, 3.8) is 0 Å². The van der Waals surface area contributed by atoms with Crippen LogP contribution in [0.15, 0.2) is 29.2 Å². The van der Waals surface area contributed by atoms with Crippen molar-refractivity contribution in [3.05, 3.63) is 30.1 Å². The lowest BCUT2D eigenvalue weighted by atomic mass is 9.99. The number of nitrogens with one attached hydrogen (secondary N) is 1. The lowest BCUT2D eigenvalue weighted by Crippen LogP contribution is -2.48. The number of aryl methyl sites for hydroxylation is 2. The fraction of sp³-hybridized carbons (Fsp3) is 0.579. The van der Waals surface area contributed by atoms with Crippen molar-refractivity contribution >= 4 is 21.6 Å². The maximum absolute atomic E-state index is 13.0. The van der Waals surface area contributed by atoms with Crippen LogP contribution < -0.4 is 5.32 Å². The van der Waals surface area contributed by atoms with E-state index in [1.165, 1.54) is 4.31 Å². The first-order valence-corrected chi connectivity index (χ1v) is 11.8. The molecule has 30 heavy (non-hydrogen) atoms. The summed E-state index contributed by atoms with van der Waals surface area (Å²) in [7, 11) is -3.58. The van der Waals surface area contributed by atoms with E-state index in [4.69, 9.17) is 0 Å². The van der Waals surface area contributed by atoms with Crippen molar-refractivity contribution in [1.82, 2.24) is 29.4 Å². The van der Waals surface area contributed by atoms with Gasteiger partial charge in [0.1, 0.15) is 0 Å². The van der Waals surface area contributed by atoms with Gasteiger partial charge in [-0.1, -0.05) is 13.0 Å². The Labute approximate surface area is 176 Å². The number of hydrogen-bond donors (Lipinski definition) is 1. The van der Waals surface area contributed by atoms with Crippen LogP contribution in [0.1, 0.15) is 25.6 Å². The van der Waals surface area contributed by atoms with Gasteiger partial charge in [0.2, 0.25) is 15.9 Å². The Bertz CT molecular complexity index is 977. The average Bonchev–Trinajstić information content (AvgIpc) is 3.11. The first kappa shape index (κ1) is 20.9. The minimum atomic E-state index is -3.58. The molecule has 1 N–H and O–H groups in total. The van der Waals surface area contributed by atoms with Gasteiger partial charge in [0.15, 0.2) is 5.82 Å². The van der Waals surface area contributed by atoms with E-state index in [9.17, 15) is 13.2 Å². The maximum atomic E-state index is 13.0. The first-order chi connectivity index (χ1) is 14.5. The second-order valence-electron chi connectivity index (χ2n) is 7.70. The number of sulfonamides is 1. The average molecular weight is 434 g/mol. The molecule has 10 nitrogen and oxygen atoms in total. The van der Waals surface area contributed by atoms with Crippen molar-refractivity contribution in [2.45, 2.75) is 37.6 Å². The molecular weight excluding hydrogens is 406 g/mol. The zero-order chi connectivity index (χ0) is 21.1. The van der Waals surface area contributed by atoms with E-state index in [0.717, 1.165) is 25.5 Å². The minimum absolute atomic E-state index is 0.111. The van der Waals surface area contributed by atoms with Crippen LogP contribution in [0.5, 0.6) is 0 Å². The van der Waals surface area contributed by atoms with Crippen LogP contribution in [0.2, 0.25) is 0 Å². The molecule has 0 spiro atoms. The molecule has 11 heteroatoms. The molecule has 0 radical (unpaired) electrons. The highest BCUT2D eigenvalue weighted by molar-refractivity contribution is 7.89. The highest BCUT2D eigenvalue weighted by atomic mass is 32.2. The third-order valence-electron chi connectivity index (χ3n) is 5.90. The van der Waals surface area contributed by atoms with E-state index in [-0.39, 0.29) is 16.7 Å². The molecule has 0 aliphatic carbocycles. The van der Waals surface area contributed by atoms with Gasteiger partial charge in [-0.05, 0) is 48.0 Å². The summed E-state index contributed by atoms with van der Waals surface area (Å²) < 4.78 is 29.3. The van der Waals surface area contributed by atoms with E-state index in [0.29, 0.717) is 44.6 Å². The summed E-state index contributed by atoms with van der Waals surface area (Å²) in [4.78, 5) is 15.2. The van der Waals surface area contributed by atoms with Crippen LogP contribution in [0.25, 0.3) is 0 Å². The van der Waals surface area contributed by atoms with Gasteiger partial charge >= 0.3 is 0 Å². The highest BCUT2D eigenvalue weighted by Gasteiger charge is 2.29. The summed E-state index contributed by atoms with van der Waals surface area (Å²) in [5.41, 5.74) is 0.495. The second-order valence-corrected chi connectivity index (χ2v) is 9.64. The van der Waals surface area contributed by atoms with Crippen molar-refractivity contribution in [2.75, 3.05) is 38.0 Å². The van der Waals surface area contributed by atoms with E-state index in [1.54, 1.807) is 28.9 Å². The third kappa shape index (κ3) is 4.37. The smallest absolute Gasteiger partial charge is 0.243 e. The second kappa shape index (κ2) is 8.78.